The highest BCUT2D eigenvalue weighted by Gasteiger charge is 2.35. The molecular weight excluding hydrogens is 249 g/mol. The molecule has 1 fully saturated rings. The third-order valence-electron chi connectivity index (χ3n) is 3.14. The first kappa shape index (κ1) is 13.6. The molecule has 0 radical (unpaired) electrons. The van der Waals surface area contributed by atoms with Gasteiger partial charge in [0.05, 0.1) is 13.0 Å². The number of amides is 1. The van der Waals surface area contributed by atoms with Gasteiger partial charge >= 0.3 is 13.1 Å². The minimum Gasteiger partial charge on any atom is -0.469 e. The van der Waals surface area contributed by atoms with Crippen LogP contribution in [0.3, 0.4) is 0 Å². The van der Waals surface area contributed by atoms with E-state index in [1.165, 1.54) is 18.1 Å². The molecule has 1 heterocycles. The fraction of sp³-hybridized carbons (Fsp3) is 0.333. The van der Waals surface area contributed by atoms with Crippen LogP contribution in [0.25, 0.3) is 0 Å². The lowest BCUT2D eigenvalue weighted by atomic mass is 9.80. The quantitative estimate of drug-likeness (QED) is 0.533. The van der Waals surface area contributed by atoms with Gasteiger partial charge in [-0.05, 0) is 17.6 Å². The molecule has 0 aromatic heterocycles. The molecule has 7 heteroatoms. The van der Waals surface area contributed by atoms with E-state index >= 15 is 0 Å². The number of nitrogens with zero attached hydrogens (tertiary/aromatic N) is 1. The molecule has 19 heavy (non-hydrogen) atoms. The Morgan fingerprint density at radius 2 is 2.21 bits per heavy atom. The molecule has 0 spiro atoms. The summed E-state index contributed by atoms with van der Waals surface area (Å²) < 4.78 is 4.63. The molecule has 6 nitrogen and oxygen atoms in total. The third-order valence-corrected chi connectivity index (χ3v) is 3.14. The number of benzene rings is 1. The Morgan fingerprint density at radius 3 is 2.84 bits per heavy atom. The molecule has 100 valence electrons. The predicted octanol–water partition coefficient (Wildman–Crippen LogP) is -1.11. The zero-order valence-electron chi connectivity index (χ0n) is 10.4. The van der Waals surface area contributed by atoms with Crippen molar-refractivity contribution < 1.29 is 24.4 Å². The van der Waals surface area contributed by atoms with Crippen LogP contribution in [0, 0.1) is 5.92 Å². The highest BCUT2D eigenvalue weighted by molar-refractivity contribution is 6.58. The van der Waals surface area contributed by atoms with E-state index in [1.54, 1.807) is 18.2 Å². The van der Waals surface area contributed by atoms with Gasteiger partial charge in [0, 0.05) is 18.7 Å². The number of esters is 1. The lowest BCUT2D eigenvalue weighted by molar-refractivity contribution is -0.145. The second-order valence-corrected chi connectivity index (χ2v) is 4.40. The van der Waals surface area contributed by atoms with Crippen LogP contribution in [0.15, 0.2) is 24.3 Å². The summed E-state index contributed by atoms with van der Waals surface area (Å²) >= 11 is 0. The highest BCUT2D eigenvalue weighted by atomic mass is 16.5. The van der Waals surface area contributed by atoms with E-state index in [9.17, 15) is 9.59 Å². The summed E-state index contributed by atoms with van der Waals surface area (Å²) in [6.07, 6.45) is 0.110. The van der Waals surface area contributed by atoms with E-state index < -0.39 is 19.0 Å². The van der Waals surface area contributed by atoms with Gasteiger partial charge in [-0.1, -0.05) is 12.1 Å². The van der Waals surface area contributed by atoms with Gasteiger partial charge in [-0.2, -0.15) is 0 Å². The number of anilines is 1. The Labute approximate surface area is 110 Å². The van der Waals surface area contributed by atoms with Gasteiger partial charge in [-0.25, -0.2) is 0 Å². The highest BCUT2D eigenvalue weighted by Crippen LogP contribution is 2.25. The molecular formula is C12H14BNO5. The number of methoxy groups -OCH3 is 1. The molecule has 0 saturated carbocycles. The third kappa shape index (κ3) is 2.77. The summed E-state index contributed by atoms with van der Waals surface area (Å²) in [7, 11) is -0.299. The number of hydrogen-bond acceptors (Lipinski definition) is 5. The summed E-state index contributed by atoms with van der Waals surface area (Å²) in [5, 5.41) is 18.2. The van der Waals surface area contributed by atoms with Crippen molar-refractivity contribution >= 4 is 30.1 Å². The molecule has 1 saturated heterocycles. The maximum absolute atomic E-state index is 11.9. The van der Waals surface area contributed by atoms with E-state index in [0.29, 0.717) is 11.2 Å². The molecule has 0 aliphatic carbocycles. The molecule has 1 aromatic rings. The van der Waals surface area contributed by atoms with Crippen LogP contribution in [-0.2, 0) is 14.3 Å². The number of hydrogen-bond donors (Lipinski definition) is 2. The van der Waals surface area contributed by atoms with Crippen LogP contribution in [0.5, 0.6) is 0 Å². The Morgan fingerprint density at radius 1 is 1.47 bits per heavy atom. The molecule has 2 N–H and O–H groups in total. The summed E-state index contributed by atoms with van der Waals surface area (Å²) in [6, 6.07) is 6.38. The fourth-order valence-electron chi connectivity index (χ4n) is 2.13. The first-order valence-corrected chi connectivity index (χ1v) is 5.87. The van der Waals surface area contributed by atoms with Gasteiger partial charge in [0.2, 0.25) is 5.91 Å². The molecule has 2 rings (SSSR count). The molecule has 0 bridgehead atoms. The number of ether oxygens (including phenoxy) is 1. The fourth-order valence-corrected chi connectivity index (χ4v) is 2.13. The first-order chi connectivity index (χ1) is 9.02. The van der Waals surface area contributed by atoms with Gasteiger partial charge in [0.1, 0.15) is 0 Å². The van der Waals surface area contributed by atoms with Crippen molar-refractivity contribution in [2.45, 2.75) is 6.42 Å². The Hall–Kier alpha value is -1.86. The zero-order valence-corrected chi connectivity index (χ0v) is 10.4. The number of carbonyl (C=O) groups excluding carboxylic acids is 2. The maximum atomic E-state index is 11.9. The average molecular weight is 263 g/mol. The smallest absolute Gasteiger partial charge is 0.469 e. The average Bonchev–Trinajstić information content (AvgIpc) is 2.80. The van der Waals surface area contributed by atoms with Crippen molar-refractivity contribution in [3.05, 3.63) is 24.3 Å². The summed E-state index contributed by atoms with van der Waals surface area (Å²) in [4.78, 5) is 24.8. The van der Waals surface area contributed by atoms with Gasteiger partial charge in [0.25, 0.3) is 0 Å². The van der Waals surface area contributed by atoms with Crippen LogP contribution in [0.4, 0.5) is 5.69 Å². The summed E-state index contributed by atoms with van der Waals surface area (Å²) in [5.41, 5.74) is 0.842. The van der Waals surface area contributed by atoms with Gasteiger partial charge in [-0.3, -0.25) is 9.59 Å². The van der Waals surface area contributed by atoms with Crippen molar-refractivity contribution in [2.24, 2.45) is 5.92 Å². The van der Waals surface area contributed by atoms with Crippen LogP contribution < -0.4 is 10.4 Å². The summed E-state index contributed by atoms with van der Waals surface area (Å²) in [5.74, 6) is -1.06. The largest absolute Gasteiger partial charge is 0.488 e. The topological polar surface area (TPSA) is 87.1 Å². The van der Waals surface area contributed by atoms with Crippen molar-refractivity contribution in [1.29, 1.82) is 0 Å². The van der Waals surface area contributed by atoms with Crippen molar-refractivity contribution in [2.75, 3.05) is 18.6 Å². The van der Waals surface area contributed by atoms with Crippen LogP contribution in [0.2, 0.25) is 0 Å². The number of carbonyl (C=O) groups is 2. The molecule has 1 amide bonds. The normalized spacial score (nSPS) is 18.6. The second kappa shape index (κ2) is 5.42. The van der Waals surface area contributed by atoms with E-state index in [2.05, 4.69) is 4.74 Å². The lowest BCUT2D eigenvalue weighted by Gasteiger charge is -2.17. The molecule has 1 atom stereocenters. The zero-order chi connectivity index (χ0) is 14.0. The van der Waals surface area contributed by atoms with Crippen molar-refractivity contribution in [3.8, 4) is 0 Å². The maximum Gasteiger partial charge on any atom is 0.488 e. The monoisotopic (exact) mass is 263 g/mol. The van der Waals surface area contributed by atoms with Crippen molar-refractivity contribution in [3.63, 3.8) is 0 Å². The Kier molecular flexibility index (Phi) is 3.87. The molecule has 1 unspecified atom stereocenters. The molecule has 1 aliphatic heterocycles. The van der Waals surface area contributed by atoms with Crippen molar-refractivity contribution in [1.82, 2.24) is 0 Å². The minimum absolute atomic E-state index is 0.110. The van der Waals surface area contributed by atoms with Gasteiger partial charge in [-0.15, -0.1) is 0 Å². The molecule has 1 aromatic carbocycles. The van der Waals surface area contributed by atoms with Gasteiger partial charge in [0.15, 0.2) is 0 Å². The van der Waals surface area contributed by atoms with Gasteiger partial charge < -0.3 is 19.7 Å². The number of rotatable bonds is 3. The SMILES string of the molecule is COC(=O)C1CC(=O)N(c2cccc(B(O)O)c2)C1. The Bertz CT molecular complexity index is 505. The van der Waals surface area contributed by atoms with Crippen LogP contribution in [-0.4, -0.2) is 42.7 Å². The standard InChI is InChI=1S/C12H14BNO5/c1-19-12(16)8-5-11(15)14(7-8)10-4-2-3-9(6-10)13(17)18/h2-4,6,8,17-18H,5,7H2,1H3. The second-order valence-electron chi connectivity index (χ2n) is 4.40. The lowest BCUT2D eigenvalue weighted by Crippen LogP contribution is -2.32. The predicted molar refractivity (Wildman–Crippen MR) is 68.7 cm³/mol. The minimum atomic E-state index is -1.59. The van der Waals surface area contributed by atoms with Crippen LogP contribution >= 0.6 is 0 Å². The molecule has 1 aliphatic rings. The van der Waals surface area contributed by atoms with E-state index in [4.69, 9.17) is 10.0 Å². The van der Waals surface area contributed by atoms with Crippen LogP contribution in [0.1, 0.15) is 6.42 Å². The summed E-state index contributed by atoms with van der Waals surface area (Å²) in [6.45, 7) is 0.247. The first-order valence-electron chi connectivity index (χ1n) is 5.87. The van der Waals surface area contributed by atoms with E-state index in [0.717, 1.165) is 0 Å². The Balaban J connectivity index is 2.20. The van der Waals surface area contributed by atoms with E-state index in [-0.39, 0.29) is 18.9 Å². The van der Waals surface area contributed by atoms with E-state index in [1.807, 2.05) is 0 Å².